The fourth-order valence-electron chi connectivity index (χ4n) is 3.34. The molecule has 3 aromatic rings. The summed E-state index contributed by atoms with van der Waals surface area (Å²) in [6.07, 6.45) is 0.962. The Morgan fingerprint density at radius 3 is 2.76 bits per heavy atom. The van der Waals surface area contributed by atoms with Crippen LogP contribution < -0.4 is 16.6 Å². The van der Waals surface area contributed by atoms with Crippen molar-refractivity contribution < 1.29 is 14.1 Å². The second kappa shape index (κ2) is 8.16. The van der Waals surface area contributed by atoms with Gasteiger partial charge in [0.25, 0.3) is 5.91 Å². The topological polar surface area (TPSA) is 113 Å². The molecule has 1 aromatic carbocycles. The lowest BCUT2D eigenvalue weighted by molar-refractivity contribution is 0.0954. The van der Waals surface area contributed by atoms with Crippen LogP contribution in [0.5, 0.6) is 0 Å². The van der Waals surface area contributed by atoms with Gasteiger partial charge in [-0.05, 0) is 26.1 Å². The zero-order valence-corrected chi connectivity index (χ0v) is 16.7. The third kappa shape index (κ3) is 4.07. The first-order chi connectivity index (χ1) is 14.0. The molecule has 1 aliphatic rings. The lowest BCUT2D eigenvalue weighted by Gasteiger charge is -2.13. The lowest BCUT2D eigenvalue weighted by atomic mass is 10.1. The first-order valence-corrected chi connectivity index (χ1v) is 10.0. The van der Waals surface area contributed by atoms with Gasteiger partial charge in [0, 0.05) is 24.2 Å². The van der Waals surface area contributed by atoms with E-state index in [1.807, 2.05) is 37.4 Å². The molecule has 1 saturated heterocycles. The molecule has 1 unspecified atom stereocenters. The van der Waals surface area contributed by atoms with Gasteiger partial charge < -0.3 is 14.7 Å². The van der Waals surface area contributed by atoms with Crippen molar-refractivity contribution in [3.63, 3.8) is 0 Å². The second-order valence-electron chi connectivity index (χ2n) is 6.99. The molecule has 29 heavy (non-hydrogen) atoms. The van der Waals surface area contributed by atoms with Gasteiger partial charge in [-0.25, -0.2) is 5.84 Å². The van der Waals surface area contributed by atoms with Gasteiger partial charge in [0.2, 0.25) is 11.5 Å². The van der Waals surface area contributed by atoms with E-state index >= 15 is 0 Å². The number of ketones is 1. The molecule has 9 heteroatoms. The minimum Gasteiger partial charge on any atom is -0.372 e. The molecule has 8 nitrogen and oxygen atoms in total. The number of likely N-dealkylation sites (N-methyl/N-ethyl adjacent to an activating group) is 1. The second-order valence-corrected chi connectivity index (χ2v) is 8.04. The summed E-state index contributed by atoms with van der Waals surface area (Å²) in [6.45, 7) is 1.85. The van der Waals surface area contributed by atoms with Crippen LogP contribution in [0.2, 0.25) is 0 Å². The highest BCUT2D eigenvalue weighted by molar-refractivity contribution is 7.18. The third-order valence-corrected chi connectivity index (χ3v) is 5.93. The van der Waals surface area contributed by atoms with E-state index < -0.39 is 5.91 Å². The molecule has 1 amide bonds. The van der Waals surface area contributed by atoms with E-state index in [0.717, 1.165) is 25.1 Å². The Hall–Kier alpha value is -3.01. The summed E-state index contributed by atoms with van der Waals surface area (Å²) >= 11 is 1.22. The zero-order valence-electron chi connectivity index (χ0n) is 15.8. The minimum absolute atomic E-state index is 0.122. The molecule has 0 radical (unpaired) electrons. The van der Waals surface area contributed by atoms with Crippen molar-refractivity contribution in [2.24, 2.45) is 5.84 Å². The number of hydrazine groups is 1. The molecule has 4 N–H and O–H groups in total. The number of amides is 1. The number of nitrogens with zero attached hydrogens (tertiary/aromatic N) is 2. The standard InChI is InChI=1S/C20H21N5O3S/c1-25-8-7-13(11-25)22-20-14(19(27)23-21)9-17(29-20)18(26)16-10-15(24-28-16)12-5-3-2-4-6-12/h2-6,9-10,13,22H,7-8,11,21H2,1H3,(H,23,27). The SMILES string of the molecule is CN1CCC(Nc2sc(C(=O)c3cc(-c4ccccc4)no3)cc2C(=O)NN)C1. The summed E-state index contributed by atoms with van der Waals surface area (Å²) < 4.78 is 5.27. The Morgan fingerprint density at radius 2 is 2.07 bits per heavy atom. The number of hydrogen-bond donors (Lipinski definition) is 3. The van der Waals surface area contributed by atoms with E-state index in [0.29, 0.717) is 21.1 Å². The van der Waals surface area contributed by atoms with Crippen molar-refractivity contribution in [2.45, 2.75) is 12.5 Å². The molecular weight excluding hydrogens is 390 g/mol. The number of nitrogens with two attached hydrogens (primary N) is 1. The van der Waals surface area contributed by atoms with Crippen molar-refractivity contribution in [3.05, 3.63) is 58.7 Å². The predicted molar refractivity (Wildman–Crippen MR) is 111 cm³/mol. The maximum absolute atomic E-state index is 12.9. The van der Waals surface area contributed by atoms with Crippen LogP contribution >= 0.6 is 11.3 Å². The van der Waals surface area contributed by atoms with Gasteiger partial charge in [-0.3, -0.25) is 15.0 Å². The number of rotatable bonds is 6. The van der Waals surface area contributed by atoms with Crippen LogP contribution in [-0.4, -0.2) is 47.9 Å². The molecule has 0 spiro atoms. The highest BCUT2D eigenvalue weighted by Crippen LogP contribution is 2.32. The van der Waals surface area contributed by atoms with Gasteiger partial charge in [0.15, 0.2) is 0 Å². The minimum atomic E-state index is -0.448. The van der Waals surface area contributed by atoms with Crippen molar-refractivity contribution in [1.29, 1.82) is 0 Å². The quantitative estimate of drug-likeness (QED) is 0.247. The summed E-state index contributed by atoms with van der Waals surface area (Å²) in [5.74, 6) is 4.67. The summed E-state index contributed by atoms with van der Waals surface area (Å²) in [5.41, 5.74) is 3.93. The first kappa shape index (κ1) is 19.3. The number of nitrogen functional groups attached to an aromatic ring is 1. The fourth-order valence-corrected chi connectivity index (χ4v) is 4.42. The molecule has 150 valence electrons. The van der Waals surface area contributed by atoms with Gasteiger partial charge in [0.05, 0.1) is 10.4 Å². The monoisotopic (exact) mass is 411 g/mol. The van der Waals surface area contributed by atoms with Crippen LogP contribution in [0.3, 0.4) is 0 Å². The van der Waals surface area contributed by atoms with E-state index in [4.69, 9.17) is 10.4 Å². The molecule has 0 saturated carbocycles. The summed E-state index contributed by atoms with van der Waals surface area (Å²) in [4.78, 5) is 27.7. The van der Waals surface area contributed by atoms with Crippen LogP contribution in [-0.2, 0) is 0 Å². The molecule has 1 atom stereocenters. The number of carbonyl (C=O) groups excluding carboxylic acids is 2. The highest BCUT2D eigenvalue weighted by atomic mass is 32.1. The smallest absolute Gasteiger partial charge is 0.268 e. The van der Waals surface area contributed by atoms with Crippen LogP contribution in [0, 0.1) is 0 Å². The molecular formula is C20H21N5O3S. The number of thiophene rings is 1. The van der Waals surface area contributed by atoms with E-state index in [2.05, 4.69) is 20.8 Å². The number of anilines is 1. The van der Waals surface area contributed by atoms with E-state index in [-0.39, 0.29) is 17.6 Å². The van der Waals surface area contributed by atoms with Crippen molar-refractivity contribution in [3.8, 4) is 11.3 Å². The summed E-state index contributed by atoms with van der Waals surface area (Å²) in [5, 5.41) is 7.99. The summed E-state index contributed by atoms with van der Waals surface area (Å²) in [6, 6.07) is 12.8. The molecule has 1 aliphatic heterocycles. The van der Waals surface area contributed by atoms with Crippen molar-refractivity contribution >= 4 is 28.0 Å². The van der Waals surface area contributed by atoms with Crippen LogP contribution in [0.1, 0.15) is 32.2 Å². The lowest BCUT2D eigenvalue weighted by Crippen LogP contribution is -2.31. The number of hydrogen-bond acceptors (Lipinski definition) is 8. The van der Waals surface area contributed by atoms with E-state index in [1.165, 1.54) is 11.3 Å². The predicted octanol–water partition coefficient (Wildman–Crippen LogP) is 2.35. The Bertz CT molecular complexity index is 1030. The maximum atomic E-state index is 12.9. The molecule has 1 fully saturated rings. The molecule has 4 rings (SSSR count). The Labute approximate surface area is 171 Å². The van der Waals surface area contributed by atoms with E-state index in [1.54, 1.807) is 12.1 Å². The van der Waals surface area contributed by atoms with Gasteiger partial charge in [-0.2, -0.15) is 0 Å². The Balaban J connectivity index is 1.60. The number of carbonyl (C=O) groups is 2. The number of aromatic nitrogens is 1. The molecule has 0 aliphatic carbocycles. The first-order valence-electron chi connectivity index (χ1n) is 9.22. The molecule has 3 heterocycles. The summed E-state index contributed by atoms with van der Waals surface area (Å²) in [7, 11) is 2.05. The molecule has 2 aromatic heterocycles. The Morgan fingerprint density at radius 1 is 1.28 bits per heavy atom. The van der Waals surface area contributed by atoms with Crippen molar-refractivity contribution in [1.82, 2.24) is 15.5 Å². The van der Waals surface area contributed by atoms with Gasteiger partial charge in [-0.1, -0.05) is 35.5 Å². The average Bonchev–Trinajstić information content (AvgIpc) is 3.48. The largest absolute Gasteiger partial charge is 0.372 e. The van der Waals surface area contributed by atoms with Crippen LogP contribution in [0.4, 0.5) is 5.00 Å². The van der Waals surface area contributed by atoms with Crippen LogP contribution in [0.25, 0.3) is 11.3 Å². The van der Waals surface area contributed by atoms with Gasteiger partial charge in [-0.15, -0.1) is 11.3 Å². The third-order valence-electron chi connectivity index (χ3n) is 4.86. The zero-order chi connectivity index (χ0) is 20.4. The van der Waals surface area contributed by atoms with E-state index in [9.17, 15) is 9.59 Å². The number of benzene rings is 1. The maximum Gasteiger partial charge on any atom is 0.268 e. The number of nitrogens with one attached hydrogen (secondary N) is 2. The average molecular weight is 411 g/mol. The number of likely N-dealkylation sites (tertiary alicyclic amines) is 1. The normalized spacial score (nSPS) is 16.7. The highest BCUT2D eigenvalue weighted by Gasteiger charge is 2.26. The van der Waals surface area contributed by atoms with Gasteiger partial charge in [0.1, 0.15) is 10.7 Å². The fraction of sp³-hybridized carbons (Fsp3) is 0.250. The Kier molecular flexibility index (Phi) is 5.43. The van der Waals surface area contributed by atoms with Crippen molar-refractivity contribution in [2.75, 3.05) is 25.5 Å². The van der Waals surface area contributed by atoms with Gasteiger partial charge >= 0.3 is 0 Å². The van der Waals surface area contributed by atoms with Crippen LogP contribution in [0.15, 0.2) is 47.0 Å². The molecule has 0 bridgehead atoms.